The van der Waals surface area contributed by atoms with Gasteiger partial charge in [-0.15, -0.1) is 0 Å². The Morgan fingerprint density at radius 2 is 1.14 bits per heavy atom. The zero-order valence-electron chi connectivity index (χ0n) is 13.7. The zero-order chi connectivity index (χ0) is 16.8. The van der Waals surface area contributed by atoms with E-state index in [1.54, 1.807) is 0 Å². The van der Waals surface area contributed by atoms with E-state index < -0.39 is 7.82 Å². The van der Waals surface area contributed by atoms with E-state index in [9.17, 15) is 4.57 Å². The molecule has 0 unspecified atom stereocenters. The maximum Gasteiger partial charge on any atom is 0.527 e. The highest BCUT2D eigenvalue weighted by atomic mass is 31.2. The Kier molecular flexibility index (Phi) is 12.1. The van der Waals surface area contributed by atoms with Crippen molar-refractivity contribution in [3.8, 4) is 0 Å². The maximum atomic E-state index is 11.1. The summed E-state index contributed by atoms with van der Waals surface area (Å²) in [4.78, 5) is 18.0. The molecular formula is C14H29O7P. The molecule has 0 aromatic carbocycles. The third kappa shape index (κ3) is 11.7. The molecule has 132 valence electrons. The Morgan fingerprint density at radius 1 is 0.773 bits per heavy atom. The molecule has 0 aliphatic heterocycles. The van der Waals surface area contributed by atoms with Gasteiger partial charge in [-0.2, -0.15) is 0 Å². The molecule has 0 atom stereocenters. The van der Waals surface area contributed by atoms with Crippen molar-refractivity contribution in [1.29, 1.82) is 0 Å². The molecule has 0 radical (unpaired) electrons. The Labute approximate surface area is 132 Å². The van der Waals surface area contributed by atoms with Crippen LogP contribution in [-0.2, 0) is 23.3 Å². The van der Waals surface area contributed by atoms with Gasteiger partial charge in [-0.05, 0) is 19.3 Å². The summed E-state index contributed by atoms with van der Waals surface area (Å²) in [6.45, 7) is 6.99. The lowest BCUT2D eigenvalue weighted by molar-refractivity contribution is -0.0240. The molecule has 0 saturated heterocycles. The molecule has 0 spiro atoms. The number of unbranched alkanes of at least 4 members (excludes halogenated alkanes) is 3. The van der Waals surface area contributed by atoms with Gasteiger partial charge in [0.25, 0.3) is 0 Å². The number of rotatable bonds is 14. The predicted octanol–water partition coefficient (Wildman–Crippen LogP) is 3.67. The number of ether oxygens (including phenoxy) is 3. The first-order chi connectivity index (χ1) is 10.4. The van der Waals surface area contributed by atoms with Crippen LogP contribution >= 0.6 is 7.82 Å². The van der Waals surface area contributed by atoms with Gasteiger partial charge in [0.2, 0.25) is 0 Å². The molecule has 0 bridgehead atoms. The van der Waals surface area contributed by atoms with Crippen molar-refractivity contribution in [3.05, 3.63) is 11.9 Å². The Morgan fingerprint density at radius 3 is 1.45 bits per heavy atom. The van der Waals surface area contributed by atoms with Crippen molar-refractivity contribution in [3.63, 3.8) is 0 Å². The van der Waals surface area contributed by atoms with Gasteiger partial charge in [-0.3, -0.25) is 9.79 Å². The monoisotopic (exact) mass is 340 g/mol. The minimum absolute atomic E-state index is 0.0960. The fraction of sp³-hybridized carbons (Fsp3) is 0.857. The molecule has 0 aromatic heterocycles. The molecule has 7 nitrogen and oxygen atoms in total. The normalized spacial score (nSPS) is 11.0. The summed E-state index contributed by atoms with van der Waals surface area (Å²) >= 11 is 0. The predicted molar refractivity (Wildman–Crippen MR) is 82.7 cm³/mol. The number of phosphoric ester groups is 1. The summed E-state index contributed by atoms with van der Waals surface area (Å²) in [6.07, 6.45) is 5.04. The Bertz CT molecular complexity index is 339. The molecule has 0 rings (SSSR count). The van der Waals surface area contributed by atoms with Crippen molar-refractivity contribution < 1.29 is 33.1 Å². The fourth-order valence-electron chi connectivity index (χ4n) is 1.32. The van der Waals surface area contributed by atoms with Gasteiger partial charge in [-0.1, -0.05) is 40.0 Å². The van der Waals surface area contributed by atoms with E-state index in [2.05, 4.69) is 4.52 Å². The first-order valence-electron chi connectivity index (χ1n) is 7.82. The lowest BCUT2D eigenvalue weighted by atomic mass is 10.4. The van der Waals surface area contributed by atoms with Crippen molar-refractivity contribution >= 4 is 7.82 Å². The Balaban J connectivity index is 4.97. The van der Waals surface area contributed by atoms with Crippen molar-refractivity contribution in [2.75, 3.05) is 19.8 Å². The van der Waals surface area contributed by atoms with Crippen LogP contribution in [0.4, 0.5) is 0 Å². The summed E-state index contributed by atoms with van der Waals surface area (Å²) in [6, 6.07) is 0. The molecule has 0 heterocycles. The standard InChI is InChI=1S/C14H29O7P/c1-4-7-10-18-13(19-11-8-5-2)14(20-12-9-6-3)21-22(15,16)17/h4-12H2,1-3H3,(H2,15,16,17). The van der Waals surface area contributed by atoms with Gasteiger partial charge in [-0.25, -0.2) is 4.57 Å². The number of phosphoric acid groups is 1. The molecule has 0 aliphatic carbocycles. The first-order valence-corrected chi connectivity index (χ1v) is 9.35. The van der Waals surface area contributed by atoms with Gasteiger partial charge in [0.05, 0.1) is 19.8 Å². The molecule has 0 aliphatic rings. The van der Waals surface area contributed by atoms with Crippen LogP contribution in [0.3, 0.4) is 0 Å². The third-order valence-corrected chi connectivity index (χ3v) is 2.97. The summed E-state index contributed by atoms with van der Waals surface area (Å²) in [5.41, 5.74) is 0. The second-order valence-electron chi connectivity index (χ2n) is 4.76. The van der Waals surface area contributed by atoms with Gasteiger partial charge in [0.1, 0.15) is 0 Å². The van der Waals surface area contributed by atoms with E-state index in [1.807, 2.05) is 20.8 Å². The average Bonchev–Trinajstić information content (AvgIpc) is 2.44. The van der Waals surface area contributed by atoms with Crippen molar-refractivity contribution in [2.24, 2.45) is 0 Å². The second-order valence-corrected chi connectivity index (χ2v) is 5.93. The van der Waals surface area contributed by atoms with Crippen LogP contribution in [-0.4, -0.2) is 29.6 Å². The molecule has 0 saturated carbocycles. The lowest BCUT2D eigenvalue weighted by Crippen LogP contribution is -2.10. The van der Waals surface area contributed by atoms with Crippen LogP contribution in [0, 0.1) is 0 Å². The minimum Gasteiger partial charge on any atom is -0.460 e. The summed E-state index contributed by atoms with van der Waals surface area (Å²) in [5.74, 6) is -0.477. The SMILES string of the molecule is CCCCOC(OCCCC)=C(OCCCC)OP(=O)(O)O. The van der Waals surface area contributed by atoms with E-state index in [-0.39, 0.29) is 18.5 Å². The minimum atomic E-state index is -4.75. The van der Waals surface area contributed by atoms with Crippen LogP contribution < -0.4 is 0 Å². The fourth-order valence-corrected chi connectivity index (χ4v) is 1.66. The molecular weight excluding hydrogens is 311 g/mol. The van der Waals surface area contributed by atoms with Crippen molar-refractivity contribution in [2.45, 2.75) is 59.3 Å². The molecule has 8 heteroatoms. The van der Waals surface area contributed by atoms with Crippen LogP contribution in [0.2, 0.25) is 0 Å². The van der Waals surface area contributed by atoms with E-state index in [1.165, 1.54) is 0 Å². The second kappa shape index (κ2) is 12.6. The number of hydrogen-bond acceptors (Lipinski definition) is 5. The van der Waals surface area contributed by atoms with Gasteiger partial charge >= 0.3 is 19.7 Å². The van der Waals surface area contributed by atoms with Crippen molar-refractivity contribution in [1.82, 2.24) is 0 Å². The lowest BCUT2D eigenvalue weighted by Gasteiger charge is -2.17. The largest absolute Gasteiger partial charge is 0.527 e. The molecule has 22 heavy (non-hydrogen) atoms. The van der Waals surface area contributed by atoms with E-state index in [0.717, 1.165) is 38.5 Å². The highest BCUT2D eigenvalue weighted by Gasteiger charge is 2.25. The van der Waals surface area contributed by atoms with E-state index in [0.29, 0.717) is 13.2 Å². The zero-order valence-corrected chi connectivity index (χ0v) is 14.6. The van der Waals surface area contributed by atoms with Crippen LogP contribution in [0.5, 0.6) is 0 Å². The molecule has 2 N–H and O–H groups in total. The highest BCUT2D eigenvalue weighted by Crippen LogP contribution is 2.40. The molecule has 0 amide bonds. The summed E-state index contributed by atoms with van der Waals surface area (Å²) in [5, 5.41) is 0. The van der Waals surface area contributed by atoms with Gasteiger partial charge in [0, 0.05) is 0 Å². The number of hydrogen-bond donors (Lipinski definition) is 2. The first kappa shape index (κ1) is 21.1. The molecule has 0 aromatic rings. The van der Waals surface area contributed by atoms with Gasteiger partial charge in [0.15, 0.2) is 0 Å². The quantitative estimate of drug-likeness (QED) is 0.283. The van der Waals surface area contributed by atoms with Crippen LogP contribution in [0.1, 0.15) is 59.3 Å². The maximum absolute atomic E-state index is 11.1. The smallest absolute Gasteiger partial charge is 0.460 e. The third-order valence-electron chi connectivity index (χ3n) is 2.56. The van der Waals surface area contributed by atoms with E-state index in [4.69, 9.17) is 24.0 Å². The summed E-state index contributed by atoms with van der Waals surface area (Å²) < 4.78 is 31.8. The van der Waals surface area contributed by atoms with Crippen LogP contribution in [0.15, 0.2) is 11.9 Å². The molecule has 0 fully saturated rings. The van der Waals surface area contributed by atoms with E-state index >= 15 is 0 Å². The van der Waals surface area contributed by atoms with Crippen LogP contribution in [0.25, 0.3) is 0 Å². The van der Waals surface area contributed by atoms with Gasteiger partial charge < -0.3 is 18.7 Å². The topological polar surface area (TPSA) is 94.5 Å². The Hall–Kier alpha value is -0.910. The highest BCUT2D eigenvalue weighted by molar-refractivity contribution is 7.46. The summed E-state index contributed by atoms with van der Waals surface area (Å²) in [7, 11) is -4.75. The average molecular weight is 340 g/mol.